The monoisotopic (exact) mass is 354 g/mol. The molecule has 0 aliphatic heterocycles. The molecule has 0 saturated heterocycles. The highest BCUT2D eigenvalue weighted by Gasteiger charge is 2.05. The van der Waals surface area contributed by atoms with Crippen molar-refractivity contribution in [1.82, 2.24) is 10.3 Å². The smallest absolute Gasteiger partial charge is 0.219 e. The number of terminal acetylenes is 1. The van der Waals surface area contributed by atoms with Gasteiger partial charge in [-0.2, -0.15) is 0 Å². The minimum Gasteiger partial charge on any atom is -0.494 e. The summed E-state index contributed by atoms with van der Waals surface area (Å²) in [5.74, 6) is 2.79. The zero-order chi connectivity index (χ0) is 18.9. The number of hydrogen-bond acceptors (Lipinski definition) is 4. The zero-order valence-corrected chi connectivity index (χ0v) is 14.5. The molecular weight excluding hydrogens is 335 g/mol. The highest BCUT2D eigenvalue weighted by Crippen LogP contribution is 2.26. The average Bonchev–Trinajstić information content (AvgIpc) is 2.59. The lowest BCUT2D eigenvalue weighted by Gasteiger charge is -2.08. The van der Waals surface area contributed by atoms with Crippen LogP contribution < -0.4 is 14.8 Å². The number of halogens is 1. The number of rotatable bonds is 7. The van der Waals surface area contributed by atoms with Crippen molar-refractivity contribution in [2.24, 2.45) is 0 Å². The number of nitrogens with one attached hydrogen (secondary N) is 1. The van der Waals surface area contributed by atoms with E-state index in [1.807, 2.05) is 6.92 Å². The Bertz CT molecular complexity index is 826. The first-order chi connectivity index (χ1) is 12.5. The van der Waals surface area contributed by atoms with E-state index >= 15 is 0 Å². The molecule has 1 atom stereocenters. The SMILES string of the molecule is C#C[C@@H](/C=C/c1ccc(Oc2cc(F)cc(OCC)c2)nc1)NC(C)=O. The lowest BCUT2D eigenvalue weighted by Crippen LogP contribution is -2.29. The Labute approximate surface area is 151 Å². The summed E-state index contributed by atoms with van der Waals surface area (Å²) < 4.78 is 24.4. The maximum Gasteiger partial charge on any atom is 0.219 e. The van der Waals surface area contributed by atoms with Crippen molar-refractivity contribution in [3.05, 3.63) is 54.0 Å². The van der Waals surface area contributed by atoms with Gasteiger partial charge in [0.15, 0.2) is 0 Å². The van der Waals surface area contributed by atoms with Gasteiger partial charge >= 0.3 is 0 Å². The molecule has 0 unspecified atom stereocenters. The summed E-state index contributed by atoms with van der Waals surface area (Å²) in [6.07, 6.45) is 10.4. The summed E-state index contributed by atoms with van der Waals surface area (Å²) in [5.41, 5.74) is 0.775. The third-order valence-corrected chi connectivity index (χ3v) is 3.16. The number of carbonyl (C=O) groups is 1. The van der Waals surface area contributed by atoms with Gasteiger partial charge in [-0.05, 0) is 24.6 Å². The molecule has 6 heteroatoms. The van der Waals surface area contributed by atoms with Gasteiger partial charge in [0.1, 0.15) is 23.4 Å². The Hall–Kier alpha value is -3.33. The van der Waals surface area contributed by atoms with Crippen LogP contribution in [0.5, 0.6) is 17.4 Å². The lowest BCUT2D eigenvalue weighted by atomic mass is 10.2. The van der Waals surface area contributed by atoms with Gasteiger partial charge in [-0.25, -0.2) is 9.37 Å². The molecule has 0 aliphatic carbocycles. The Balaban J connectivity index is 2.06. The molecule has 1 N–H and O–H groups in total. The second-order valence-electron chi connectivity index (χ2n) is 5.29. The van der Waals surface area contributed by atoms with Crippen LogP contribution in [-0.2, 0) is 4.79 Å². The van der Waals surface area contributed by atoms with Crippen molar-refractivity contribution in [2.45, 2.75) is 19.9 Å². The van der Waals surface area contributed by atoms with E-state index in [1.165, 1.54) is 19.1 Å². The highest BCUT2D eigenvalue weighted by molar-refractivity contribution is 5.74. The number of nitrogens with zero attached hydrogens (tertiary/aromatic N) is 1. The normalized spacial score (nSPS) is 11.6. The summed E-state index contributed by atoms with van der Waals surface area (Å²) in [7, 11) is 0. The highest BCUT2D eigenvalue weighted by atomic mass is 19.1. The van der Waals surface area contributed by atoms with Crippen LogP contribution in [0.2, 0.25) is 0 Å². The molecule has 0 fully saturated rings. The van der Waals surface area contributed by atoms with Crippen LogP contribution in [0, 0.1) is 18.2 Å². The van der Waals surface area contributed by atoms with Gasteiger partial charge in [-0.15, -0.1) is 6.42 Å². The van der Waals surface area contributed by atoms with Gasteiger partial charge in [0.2, 0.25) is 11.8 Å². The molecule has 0 spiro atoms. The number of hydrogen-bond donors (Lipinski definition) is 1. The van der Waals surface area contributed by atoms with Crippen molar-refractivity contribution in [3.8, 4) is 29.7 Å². The Morgan fingerprint density at radius 1 is 1.38 bits per heavy atom. The summed E-state index contributed by atoms with van der Waals surface area (Å²) in [6.45, 7) is 3.64. The minimum atomic E-state index is -0.493. The second kappa shape index (κ2) is 9.23. The van der Waals surface area contributed by atoms with Crippen LogP contribution in [-0.4, -0.2) is 23.5 Å². The number of benzene rings is 1. The molecule has 1 heterocycles. The van der Waals surface area contributed by atoms with E-state index < -0.39 is 11.9 Å². The predicted octanol–water partition coefficient (Wildman–Crippen LogP) is 3.56. The zero-order valence-electron chi connectivity index (χ0n) is 14.5. The van der Waals surface area contributed by atoms with Gasteiger partial charge in [0.05, 0.1) is 6.61 Å². The molecule has 0 bridgehead atoms. The first kappa shape index (κ1) is 19.0. The van der Waals surface area contributed by atoms with E-state index in [2.05, 4.69) is 16.2 Å². The van der Waals surface area contributed by atoms with Gasteiger partial charge in [0, 0.05) is 37.4 Å². The summed E-state index contributed by atoms with van der Waals surface area (Å²) >= 11 is 0. The molecule has 26 heavy (non-hydrogen) atoms. The molecule has 0 saturated carbocycles. The second-order valence-corrected chi connectivity index (χ2v) is 5.29. The van der Waals surface area contributed by atoms with Crippen LogP contribution in [0.4, 0.5) is 4.39 Å². The average molecular weight is 354 g/mol. The van der Waals surface area contributed by atoms with E-state index in [0.29, 0.717) is 24.0 Å². The van der Waals surface area contributed by atoms with Crippen molar-refractivity contribution in [1.29, 1.82) is 0 Å². The van der Waals surface area contributed by atoms with Crippen LogP contribution in [0.1, 0.15) is 19.4 Å². The Morgan fingerprint density at radius 3 is 2.77 bits per heavy atom. The summed E-state index contributed by atoms with van der Waals surface area (Å²) in [5, 5.41) is 2.61. The number of ether oxygens (including phenoxy) is 2. The van der Waals surface area contributed by atoms with Crippen molar-refractivity contribution < 1.29 is 18.7 Å². The quantitative estimate of drug-likeness (QED) is 0.773. The minimum absolute atomic E-state index is 0.207. The van der Waals surface area contributed by atoms with Crippen LogP contribution >= 0.6 is 0 Å². The molecule has 1 aromatic carbocycles. The standard InChI is InChI=1S/C20H19FN2O3/c1-4-17(23-14(3)24)8-6-15-7-9-20(22-13-15)26-19-11-16(21)10-18(12-19)25-5-2/h1,6-13,17H,5H2,2-3H3,(H,23,24)/b8-6+/t17-/m0/s1. The lowest BCUT2D eigenvalue weighted by molar-refractivity contribution is -0.119. The van der Waals surface area contributed by atoms with Crippen molar-refractivity contribution in [3.63, 3.8) is 0 Å². The topological polar surface area (TPSA) is 60.5 Å². The van der Waals surface area contributed by atoms with Crippen LogP contribution in [0.3, 0.4) is 0 Å². The van der Waals surface area contributed by atoms with Gasteiger partial charge in [-0.3, -0.25) is 4.79 Å². The van der Waals surface area contributed by atoms with Crippen molar-refractivity contribution in [2.75, 3.05) is 6.61 Å². The fourth-order valence-electron chi connectivity index (χ4n) is 2.09. The van der Waals surface area contributed by atoms with Crippen LogP contribution in [0.25, 0.3) is 6.08 Å². The van der Waals surface area contributed by atoms with Gasteiger partial charge < -0.3 is 14.8 Å². The third-order valence-electron chi connectivity index (χ3n) is 3.16. The number of carbonyl (C=O) groups excluding carboxylic acids is 1. The first-order valence-corrected chi connectivity index (χ1v) is 7.99. The molecule has 0 aliphatic rings. The largest absolute Gasteiger partial charge is 0.494 e. The summed E-state index contributed by atoms with van der Waals surface area (Å²) in [6, 6.07) is 7.05. The van der Waals surface area contributed by atoms with Crippen LogP contribution in [0.15, 0.2) is 42.6 Å². The molecule has 1 amide bonds. The fourth-order valence-corrected chi connectivity index (χ4v) is 2.09. The van der Waals surface area contributed by atoms with E-state index in [-0.39, 0.29) is 5.91 Å². The van der Waals surface area contributed by atoms with Crippen molar-refractivity contribution >= 4 is 12.0 Å². The number of amides is 1. The van der Waals surface area contributed by atoms with E-state index in [4.69, 9.17) is 15.9 Å². The summed E-state index contributed by atoms with van der Waals surface area (Å²) in [4.78, 5) is 15.2. The number of aromatic nitrogens is 1. The van der Waals surface area contributed by atoms with Gasteiger partial charge in [0.25, 0.3) is 0 Å². The molecular formula is C20H19FN2O3. The van der Waals surface area contributed by atoms with E-state index in [9.17, 15) is 9.18 Å². The predicted molar refractivity (Wildman–Crippen MR) is 97.4 cm³/mol. The van der Waals surface area contributed by atoms with E-state index in [0.717, 1.165) is 5.56 Å². The first-order valence-electron chi connectivity index (χ1n) is 7.99. The Morgan fingerprint density at radius 2 is 2.15 bits per heavy atom. The third kappa shape index (κ3) is 5.95. The fraction of sp³-hybridized carbons (Fsp3) is 0.200. The maximum absolute atomic E-state index is 13.6. The van der Waals surface area contributed by atoms with Gasteiger partial charge in [-0.1, -0.05) is 12.0 Å². The molecule has 5 nitrogen and oxygen atoms in total. The molecule has 2 aromatic rings. The number of pyridine rings is 1. The van der Waals surface area contributed by atoms with E-state index in [1.54, 1.807) is 36.5 Å². The molecule has 134 valence electrons. The molecule has 1 aromatic heterocycles. The molecule has 2 rings (SSSR count). The molecule has 0 radical (unpaired) electrons. The maximum atomic E-state index is 13.6. The Kier molecular flexibility index (Phi) is 6.75.